The minimum absolute atomic E-state index is 0.0516. The van der Waals surface area contributed by atoms with E-state index in [4.69, 9.17) is 9.26 Å². The maximum Gasteiger partial charge on any atom is 0.293 e. The third-order valence-electron chi connectivity index (χ3n) is 6.00. The number of aromatic nitrogens is 2. The van der Waals surface area contributed by atoms with Crippen LogP contribution in [0, 0.1) is 10.1 Å². The first-order valence-corrected chi connectivity index (χ1v) is 12.0. The van der Waals surface area contributed by atoms with Gasteiger partial charge in [-0.1, -0.05) is 11.2 Å². The molecular formula is C22H24N6O5S. The summed E-state index contributed by atoms with van der Waals surface area (Å²) in [5.74, 6) is 0.924. The molecule has 0 aliphatic carbocycles. The summed E-state index contributed by atoms with van der Waals surface area (Å²) in [6.07, 6.45) is 0. The van der Waals surface area contributed by atoms with Crippen LogP contribution >= 0.6 is 11.3 Å². The Morgan fingerprint density at radius 3 is 2.62 bits per heavy atom. The highest BCUT2D eigenvalue weighted by molar-refractivity contribution is 7.13. The summed E-state index contributed by atoms with van der Waals surface area (Å²) in [5.41, 5.74) is 0.801. The number of piperazine rings is 1. The van der Waals surface area contributed by atoms with E-state index in [9.17, 15) is 14.9 Å². The molecule has 5 rings (SSSR count). The lowest BCUT2D eigenvalue weighted by molar-refractivity contribution is -0.384. The molecule has 1 amide bonds. The number of amides is 1. The standard InChI is InChI=1S/C22H24N6O5S/c29-22(16-3-4-17(18(14-16)28(30)31)26-9-11-32-12-10-26)27-7-5-25(6-8-27)15-20-23-21(24-33-20)19-2-1-13-34-19/h1-4,13-14H,5-12,15H2. The minimum Gasteiger partial charge on any atom is -0.378 e. The lowest BCUT2D eigenvalue weighted by Gasteiger charge is -2.34. The van der Waals surface area contributed by atoms with Crippen molar-refractivity contribution in [1.82, 2.24) is 19.9 Å². The Hall–Kier alpha value is -3.35. The zero-order chi connectivity index (χ0) is 23.5. The van der Waals surface area contributed by atoms with Gasteiger partial charge in [0.1, 0.15) is 5.69 Å². The predicted octanol–water partition coefficient (Wildman–Crippen LogP) is 2.50. The number of nitro groups is 1. The van der Waals surface area contributed by atoms with Crippen LogP contribution < -0.4 is 4.90 Å². The van der Waals surface area contributed by atoms with Crippen LogP contribution in [0.2, 0.25) is 0 Å². The molecule has 178 valence electrons. The van der Waals surface area contributed by atoms with Crippen LogP contribution in [0.25, 0.3) is 10.7 Å². The number of carbonyl (C=O) groups excluding carboxylic acids is 1. The molecule has 34 heavy (non-hydrogen) atoms. The van der Waals surface area contributed by atoms with Crippen molar-refractivity contribution >= 4 is 28.6 Å². The molecule has 0 radical (unpaired) electrons. The third-order valence-corrected chi connectivity index (χ3v) is 6.86. The zero-order valence-electron chi connectivity index (χ0n) is 18.5. The molecular weight excluding hydrogens is 460 g/mol. The van der Waals surface area contributed by atoms with Gasteiger partial charge < -0.3 is 19.1 Å². The predicted molar refractivity (Wildman–Crippen MR) is 125 cm³/mol. The van der Waals surface area contributed by atoms with Crippen molar-refractivity contribution in [2.45, 2.75) is 6.54 Å². The van der Waals surface area contributed by atoms with Crippen LogP contribution in [0.1, 0.15) is 16.2 Å². The van der Waals surface area contributed by atoms with Gasteiger partial charge in [0.05, 0.1) is 29.6 Å². The second-order valence-electron chi connectivity index (χ2n) is 8.12. The summed E-state index contributed by atoms with van der Waals surface area (Å²) in [6, 6.07) is 8.63. The first kappa shape index (κ1) is 22.4. The van der Waals surface area contributed by atoms with Gasteiger partial charge in [-0.2, -0.15) is 4.98 Å². The molecule has 0 spiro atoms. The molecule has 12 heteroatoms. The van der Waals surface area contributed by atoms with Gasteiger partial charge in [0.25, 0.3) is 11.6 Å². The summed E-state index contributed by atoms with van der Waals surface area (Å²) < 4.78 is 10.7. The fourth-order valence-corrected chi connectivity index (χ4v) is 4.83. The van der Waals surface area contributed by atoms with Gasteiger partial charge in [0.15, 0.2) is 0 Å². The molecule has 0 saturated carbocycles. The van der Waals surface area contributed by atoms with Crippen molar-refractivity contribution in [1.29, 1.82) is 0 Å². The molecule has 2 fully saturated rings. The van der Waals surface area contributed by atoms with Crippen LogP contribution in [-0.4, -0.2) is 83.3 Å². The number of morpholine rings is 1. The molecule has 11 nitrogen and oxygen atoms in total. The summed E-state index contributed by atoms with van der Waals surface area (Å²) in [4.78, 5) is 35.6. The topological polar surface area (TPSA) is 118 Å². The van der Waals surface area contributed by atoms with Crippen molar-refractivity contribution < 1.29 is 19.0 Å². The van der Waals surface area contributed by atoms with Crippen molar-refractivity contribution in [2.75, 3.05) is 57.4 Å². The van der Waals surface area contributed by atoms with E-state index in [0.29, 0.717) is 82.0 Å². The highest BCUT2D eigenvalue weighted by Gasteiger charge is 2.27. The lowest BCUT2D eigenvalue weighted by Crippen LogP contribution is -2.48. The van der Waals surface area contributed by atoms with Crippen molar-refractivity contribution in [3.8, 4) is 10.7 Å². The zero-order valence-corrected chi connectivity index (χ0v) is 19.3. The number of ether oxygens (including phenoxy) is 1. The Bertz CT molecular complexity index is 1150. The van der Waals surface area contributed by atoms with Gasteiger partial charge in [-0.3, -0.25) is 19.8 Å². The largest absolute Gasteiger partial charge is 0.378 e. The molecule has 2 aliphatic heterocycles. The molecule has 2 aromatic heterocycles. The fraction of sp³-hybridized carbons (Fsp3) is 0.409. The van der Waals surface area contributed by atoms with Crippen molar-refractivity contribution in [3.05, 3.63) is 57.3 Å². The van der Waals surface area contributed by atoms with Gasteiger partial charge in [-0.25, -0.2) is 0 Å². The Labute approximate surface area is 199 Å². The molecule has 2 aliphatic rings. The maximum atomic E-state index is 13.1. The monoisotopic (exact) mass is 484 g/mol. The quantitative estimate of drug-likeness (QED) is 0.384. The Kier molecular flexibility index (Phi) is 6.52. The Balaban J connectivity index is 1.21. The summed E-state index contributed by atoms with van der Waals surface area (Å²) in [6.45, 7) is 5.08. The molecule has 0 N–H and O–H groups in total. The van der Waals surface area contributed by atoms with E-state index in [-0.39, 0.29) is 11.6 Å². The second-order valence-corrected chi connectivity index (χ2v) is 9.07. The average Bonchev–Trinajstić information content (AvgIpc) is 3.57. The van der Waals surface area contributed by atoms with Gasteiger partial charge >= 0.3 is 0 Å². The van der Waals surface area contributed by atoms with Crippen LogP contribution in [0.5, 0.6) is 0 Å². The number of hydrogen-bond donors (Lipinski definition) is 0. The summed E-state index contributed by atoms with van der Waals surface area (Å²) in [5, 5.41) is 17.7. The number of anilines is 1. The highest BCUT2D eigenvalue weighted by Crippen LogP contribution is 2.30. The van der Waals surface area contributed by atoms with Gasteiger partial charge in [-0.15, -0.1) is 11.3 Å². The molecule has 0 atom stereocenters. The van der Waals surface area contributed by atoms with E-state index in [1.807, 2.05) is 22.4 Å². The molecule has 3 aromatic rings. The second kappa shape index (κ2) is 9.87. The normalized spacial score (nSPS) is 17.2. The lowest BCUT2D eigenvalue weighted by atomic mass is 10.1. The van der Waals surface area contributed by atoms with Gasteiger partial charge in [0.2, 0.25) is 11.7 Å². The minimum atomic E-state index is -0.422. The number of thiophene rings is 1. The summed E-state index contributed by atoms with van der Waals surface area (Å²) in [7, 11) is 0. The van der Waals surface area contributed by atoms with Crippen LogP contribution in [0.3, 0.4) is 0 Å². The van der Waals surface area contributed by atoms with Gasteiger partial charge in [0, 0.05) is 50.9 Å². The third kappa shape index (κ3) is 4.79. The Morgan fingerprint density at radius 2 is 1.91 bits per heavy atom. The van der Waals surface area contributed by atoms with Crippen LogP contribution in [-0.2, 0) is 11.3 Å². The Morgan fingerprint density at radius 1 is 1.12 bits per heavy atom. The molecule has 1 aromatic carbocycles. The van der Waals surface area contributed by atoms with Crippen LogP contribution in [0.4, 0.5) is 11.4 Å². The molecule has 4 heterocycles. The molecule has 2 saturated heterocycles. The number of nitro benzene ring substituents is 1. The smallest absolute Gasteiger partial charge is 0.293 e. The van der Waals surface area contributed by atoms with Crippen LogP contribution in [0.15, 0.2) is 40.2 Å². The van der Waals surface area contributed by atoms with Crippen molar-refractivity contribution in [2.24, 2.45) is 0 Å². The number of rotatable bonds is 6. The van der Waals surface area contributed by atoms with Gasteiger partial charge in [-0.05, 0) is 23.6 Å². The fourth-order valence-electron chi connectivity index (χ4n) is 4.18. The van der Waals surface area contributed by atoms with E-state index in [1.165, 1.54) is 6.07 Å². The average molecular weight is 485 g/mol. The SMILES string of the molecule is O=C(c1ccc(N2CCOCC2)c([N+](=O)[O-])c1)N1CCN(Cc2nc(-c3cccs3)no2)CC1. The number of hydrogen-bond acceptors (Lipinski definition) is 10. The highest BCUT2D eigenvalue weighted by atomic mass is 32.1. The van der Waals surface area contributed by atoms with Crippen molar-refractivity contribution in [3.63, 3.8) is 0 Å². The number of benzene rings is 1. The van der Waals surface area contributed by atoms with E-state index in [0.717, 1.165) is 4.88 Å². The van der Waals surface area contributed by atoms with E-state index >= 15 is 0 Å². The van der Waals surface area contributed by atoms with E-state index in [1.54, 1.807) is 28.4 Å². The first-order chi connectivity index (χ1) is 16.6. The number of nitrogens with zero attached hydrogens (tertiary/aromatic N) is 6. The number of carbonyl (C=O) groups is 1. The summed E-state index contributed by atoms with van der Waals surface area (Å²) >= 11 is 1.56. The molecule has 0 unspecified atom stereocenters. The maximum absolute atomic E-state index is 13.1. The molecule has 0 bridgehead atoms. The van der Waals surface area contributed by atoms with E-state index in [2.05, 4.69) is 15.0 Å². The van der Waals surface area contributed by atoms with E-state index < -0.39 is 4.92 Å². The first-order valence-electron chi connectivity index (χ1n) is 11.1.